The van der Waals surface area contributed by atoms with Crippen molar-refractivity contribution in [3.05, 3.63) is 59.7 Å². The summed E-state index contributed by atoms with van der Waals surface area (Å²) >= 11 is 1.87. The number of rotatable bonds is 8. The zero-order valence-electron chi connectivity index (χ0n) is 18.7. The molecule has 1 aliphatic rings. The van der Waals surface area contributed by atoms with E-state index in [2.05, 4.69) is 48.3 Å². The summed E-state index contributed by atoms with van der Waals surface area (Å²) in [5, 5.41) is 14.0. The Hall–Kier alpha value is -1.88. The van der Waals surface area contributed by atoms with Gasteiger partial charge in [-0.15, -0.1) is 12.4 Å². The van der Waals surface area contributed by atoms with Gasteiger partial charge in [0.25, 0.3) is 0 Å². The van der Waals surface area contributed by atoms with Crippen LogP contribution in [0.5, 0.6) is 11.5 Å². The van der Waals surface area contributed by atoms with Crippen LogP contribution >= 0.6 is 24.2 Å². The molecule has 1 atom stereocenters. The van der Waals surface area contributed by atoms with Crippen molar-refractivity contribution in [2.24, 2.45) is 0 Å². The summed E-state index contributed by atoms with van der Waals surface area (Å²) in [6.45, 7) is 4.10. The SMILES string of the molecule is COc1ccc(CNCC(C)c2ccccc2)cc1OCC#CC1(O)CCSCC1.Cl.O. The van der Waals surface area contributed by atoms with Crippen LogP contribution in [0.25, 0.3) is 0 Å². The van der Waals surface area contributed by atoms with Crippen LogP contribution in [0.4, 0.5) is 0 Å². The molecule has 1 aliphatic heterocycles. The molecule has 2 aromatic rings. The van der Waals surface area contributed by atoms with Crippen molar-refractivity contribution in [1.29, 1.82) is 0 Å². The molecular formula is C25H34ClNO4S. The Morgan fingerprint density at radius 1 is 1.12 bits per heavy atom. The largest absolute Gasteiger partial charge is 0.493 e. The molecule has 0 aliphatic carbocycles. The maximum Gasteiger partial charge on any atom is 0.162 e. The van der Waals surface area contributed by atoms with Gasteiger partial charge in [0.05, 0.1) is 7.11 Å². The molecule has 0 bridgehead atoms. The summed E-state index contributed by atoms with van der Waals surface area (Å²) in [6.07, 6.45) is 1.44. The molecule has 1 saturated heterocycles. The Balaban J connectivity index is 0.00000256. The van der Waals surface area contributed by atoms with Crippen LogP contribution in [0.2, 0.25) is 0 Å². The molecule has 0 aromatic heterocycles. The van der Waals surface area contributed by atoms with E-state index in [1.165, 1.54) is 5.56 Å². The lowest BCUT2D eigenvalue weighted by atomic mass is 9.98. The molecule has 1 unspecified atom stereocenters. The fourth-order valence-corrected chi connectivity index (χ4v) is 4.59. The Bertz CT molecular complexity index is 863. The highest BCUT2D eigenvalue weighted by Gasteiger charge is 2.26. The Morgan fingerprint density at radius 3 is 2.53 bits per heavy atom. The van der Waals surface area contributed by atoms with Crippen LogP contribution in [0.1, 0.15) is 36.8 Å². The Labute approximate surface area is 202 Å². The highest BCUT2D eigenvalue weighted by molar-refractivity contribution is 7.99. The number of halogens is 1. The molecule has 7 heteroatoms. The van der Waals surface area contributed by atoms with Gasteiger partial charge in [-0.1, -0.05) is 55.2 Å². The van der Waals surface area contributed by atoms with E-state index in [4.69, 9.17) is 9.47 Å². The molecule has 5 nitrogen and oxygen atoms in total. The van der Waals surface area contributed by atoms with Crippen molar-refractivity contribution in [2.45, 2.75) is 37.8 Å². The summed E-state index contributed by atoms with van der Waals surface area (Å²) in [7, 11) is 1.63. The average molecular weight is 480 g/mol. The van der Waals surface area contributed by atoms with E-state index in [1.807, 2.05) is 36.0 Å². The van der Waals surface area contributed by atoms with E-state index in [1.54, 1.807) is 7.11 Å². The molecular weight excluding hydrogens is 446 g/mol. The van der Waals surface area contributed by atoms with Gasteiger partial charge in [-0.05, 0) is 53.5 Å². The number of methoxy groups -OCH3 is 1. The van der Waals surface area contributed by atoms with Crippen molar-refractivity contribution < 1.29 is 20.1 Å². The molecule has 0 saturated carbocycles. The van der Waals surface area contributed by atoms with Gasteiger partial charge in [-0.2, -0.15) is 11.8 Å². The normalized spacial score (nSPS) is 15.2. The van der Waals surface area contributed by atoms with Gasteiger partial charge in [0.2, 0.25) is 0 Å². The molecule has 0 amide bonds. The third-order valence-corrected chi connectivity index (χ3v) is 6.30. The number of nitrogens with one attached hydrogen (secondary N) is 1. The number of aliphatic hydroxyl groups is 1. The van der Waals surface area contributed by atoms with Gasteiger partial charge < -0.3 is 25.4 Å². The van der Waals surface area contributed by atoms with Crippen molar-refractivity contribution in [3.63, 3.8) is 0 Å². The van der Waals surface area contributed by atoms with Gasteiger partial charge >= 0.3 is 0 Å². The Kier molecular flexibility index (Phi) is 12.6. The molecule has 3 rings (SSSR count). The topological polar surface area (TPSA) is 82.2 Å². The van der Waals surface area contributed by atoms with Crippen LogP contribution < -0.4 is 14.8 Å². The third-order valence-electron chi connectivity index (χ3n) is 5.32. The molecule has 2 aromatic carbocycles. The first-order valence-corrected chi connectivity index (χ1v) is 11.6. The first-order valence-electron chi connectivity index (χ1n) is 10.5. The van der Waals surface area contributed by atoms with E-state index in [-0.39, 0.29) is 24.5 Å². The van der Waals surface area contributed by atoms with E-state index >= 15 is 0 Å². The lowest BCUT2D eigenvalue weighted by Gasteiger charge is -2.26. The van der Waals surface area contributed by atoms with Gasteiger partial charge in [0, 0.05) is 13.1 Å². The average Bonchev–Trinajstić information content (AvgIpc) is 2.78. The van der Waals surface area contributed by atoms with E-state index in [0.29, 0.717) is 17.4 Å². The zero-order chi connectivity index (χ0) is 21.2. The maximum absolute atomic E-state index is 10.5. The zero-order valence-corrected chi connectivity index (χ0v) is 20.4. The van der Waals surface area contributed by atoms with E-state index in [9.17, 15) is 5.11 Å². The smallest absolute Gasteiger partial charge is 0.162 e. The quantitative estimate of drug-likeness (QED) is 0.562. The summed E-state index contributed by atoms with van der Waals surface area (Å²) in [6, 6.07) is 16.5. The predicted molar refractivity (Wildman–Crippen MR) is 135 cm³/mol. The van der Waals surface area contributed by atoms with Crippen LogP contribution in [0.15, 0.2) is 48.5 Å². The van der Waals surface area contributed by atoms with Crippen molar-refractivity contribution in [2.75, 3.05) is 31.8 Å². The van der Waals surface area contributed by atoms with Crippen molar-refractivity contribution >= 4 is 24.2 Å². The molecule has 0 spiro atoms. The monoisotopic (exact) mass is 479 g/mol. The second-order valence-corrected chi connectivity index (χ2v) is 8.89. The number of hydrogen-bond donors (Lipinski definition) is 2. The number of benzene rings is 2. The fourth-order valence-electron chi connectivity index (χ4n) is 3.42. The fraction of sp³-hybridized carbons (Fsp3) is 0.440. The minimum absolute atomic E-state index is 0. The van der Waals surface area contributed by atoms with Gasteiger partial charge in [0.1, 0.15) is 12.2 Å². The lowest BCUT2D eigenvalue weighted by molar-refractivity contribution is 0.0925. The van der Waals surface area contributed by atoms with Crippen molar-refractivity contribution in [3.8, 4) is 23.3 Å². The minimum atomic E-state index is -0.861. The summed E-state index contributed by atoms with van der Waals surface area (Å²) < 4.78 is 11.3. The van der Waals surface area contributed by atoms with Crippen molar-refractivity contribution in [1.82, 2.24) is 5.32 Å². The molecule has 176 valence electrons. The van der Waals surface area contributed by atoms with Gasteiger partial charge in [-0.3, -0.25) is 0 Å². The van der Waals surface area contributed by atoms with Gasteiger partial charge in [-0.25, -0.2) is 0 Å². The van der Waals surface area contributed by atoms with Crippen LogP contribution in [0, 0.1) is 11.8 Å². The number of thioether (sulfide) groups is 1. The van der Waals surface area contributed by atoms with E-state index in [0.717, 1.165) is 43.0 Å². The molecule has 1 fully saturated rings. The summed E-state index contributed by atoms with van der Waals surface area (Å²) in [5.41, 5.74) is 1.60. The molecule has 0 radical (unpaired) electrons. The number of hydrogen-bond acceptors (Lipinski definition) is 5. The number of ether oxygens (including phenoxy) is 2. The standard InChI is InChI=1S/C25H31NO3S.ClH.H2O/c1-20(22-7-4-3-5-8-22)18-26-19-21-9-10-23(28-2)24(17-21)29-14-6-11-25(27)12-15-30-16-13-25;;/h3-5,7-10,17,20,26-27H,12-16,18-19H2,1-2H3;1H;1H2. The lowest BCUT2D eigenvalue weighted by Crippen LogP contribution is -2.31. The Morgan fingerprint density at radius 2 is 1.84 bits per heavy atom. The first-order chi connectivity index (χ1) is 14.6. The van der Waals surface area contributed by atoms with Crippen LogP contribution in [-0.4, -0.2) is 48.0 Å². The summed E-state index contributed by atoms with van der Waals surface area (Å²) in [4.78, 5) is 0. The molecule has 4 N–H and O–H groups in total. The highest BCUT2D eigenvalue weighted by atomic mass is 35.5. The second-order valence-electron chi connectivity index (χ2n) is 7.66. The van der Waals surface area contributed by atoms with Crippen LogP contribution in [-0.2, 0) is 6.54 Å². The van der Waals surface area contributed by atoms with Gasteiger partial charge in [0.15, 0.2) is 11.5 Å². The van der Waals surface area contributed by atoms with E-state index < -0.39 is 5.60 Å². The minimum Gasteiger partial charge on any atom is -0.493 e. The maximum atomic E-state index is 10.5. The third kappa shape index (κ3) is 8.57. The highest BCUT2D eigenvalue weighted by Crippen LogP contribution is 2.28. The second kappa shape index (κ2) is 14.3. The molecule has 1 heterocycles. The molecule has 32 heavy (non-hydrogen) atoms. The predicted octanol–water partition coefficient (Wildman–Crippen LogP) is 3.83. The summed E-state index contributed by atoms with van der Waals surface area (Å²) in [5.74, 6) is 9.70. The van der Waals surface area contributed by atoms with Crippen LogP contribution in [0.3, 0.4) is 0 Å². The first kappa shape index (κ1) is 28.2.